The Kier molecular flexibility index (Phi) is 6.57. The van der Waals surface area contributed by atoms with Gasteiger partial charge in [-0.1, -0.05) is 27.7 Å². The van der Waals surface area contributed by atoms with Crippen molar-refractivity contribution >= 4 is 5.97 Å². The van der Waals surface area contributed by atoms with E-state index in [2.05, 4.69) is 13.8 Å². The Bertz CT molecular complexity index is 190. The zero-order chi connectivity index (χ0) is 12.0. The van der Waals surface area contributed by atoms with Crippen molar-refractivity contribution in [3.05, 3.63) is 0 Å². The SMILES string of the molecule is CC(C)CC(C)OC(=O)CC(N)C(C)C. The molecule has 0 aliphatic heterocycles. The van der Waals surface area contributed by atoms with E-state index in [1.165, 1.54) is 0 Å². The van der Waals surface area contributed by atoms with Gasteiger partial charge in [-0.25, -0.2) is 0 Å². The van der Waals surface area contributed by atoms with Crippen molar-refractivity contribution in [3.8, 4) is 0 Å². The fraction of sp³-hybridized carbons (Fsp3) is 0.917. The van der Waals surface area contributed by atoms with Crippen molar-refractivity contribution in [2.75, 3.05) is 0 Å². The van der Waals surface area contributed by atoms with Crippen molar-refractivity contribution in [2.24, 2.45) is 17.6 Å². The lowest BCUT2D eigenvalue weighted by Gasteiger charge is -2.18. The van der Waals surface area contributed by atoms with E-state index in [0.717, 1.165) is 6.42 Å². The first-order chi connectivity index (χ1) is 6.82. The molecule has 0 spiro atoms. The third kappa shape index (κ3) is 7.37. The average Bonchev–Trinajstić information content (AvgIpc) is 2.00. The topological polar surface area (TPSA) is 52.3 Å². The molecule has 0 aromatic heterocycles. The second kappa shape index (κ2) is 6.83. The summed E-state index contributed by atoms with van der Waals surface area (Å²) in [4.78, 5) is 11.4. The molecule has 3 heteroatoms. The first-order valence-corrected chi connectivity index (χ1v) is 5.78. The molecule has 2 unspecified atom stereocenters. The number of carbonyl (C=O) groups is 1. The van der Waals surface area contributed by atoms with Crippen LogP contribution in [0.3, 0.4) is 0 Å². The van der Waals surface area contributed by atoms with Gasteiger partial charge in [0.2, 0.25) is 0 Å². The molecule has 0 bridgehead atoms. The van der Waals surface area contributed by atoms with Crippen LogP contribution in [0, 0.1) is 11.8 Å². The van der Waals surface area contributed by atoms with E-state index in [1.54, 1.807) is 0 Å². The van der Waals surface area contributed by atoms with Gasteiger partial charge in [0.05, 0.1) is 12.5 Å². The maximum Gasteiger partial charge on any atom is 0.307 e. The molecule has 90 valence electrons. The van der Waals surface area contributed by atoms with Gasteiger partial charge in [0.15, 0.2) is 0 Å². The lowest BCUT2D eigenvalue weighted by molar-refractivity contribution is -0.149. The number of rotatable bonds is 6. The van der Waals surface area contributed by atoms with E-state index < -0.39 is 0 Å². The minimum absolute atomic E-state index is 0.00291. The van der Waals surface area contributed by atoms with E-state index in [1.807, 2.05) is 20.8 Å². The maximum absolute atomic E-state index is 11.4. The van der Waals surface area contributed by atoms with Crippen molar-refractivity contribution in [2.45, 2.75) is 59.6 Å². The molecular weight excluding hydrogens is 190 g/mol. The van der Waals surface area contributed by atoms with Gasteiger partial charge in [0, 0.05) is 6.04 Å². The van der Waals surface area contributed by atoms with Crippen LogP contribution in [0.5, 0.6) is 0 Å². The molecule has 3 nitrogen and oxygen atoms in total. The van der Waals surface area contributed by atoms with Gasteiger partial charge >= 0.3 is 5.97 Å². The first kappa shape index (κ1) is 14.4. The summed E-state index contributed by atoms with van der Waals surface area (Å²) in [5.74, 6) is 0.689. The molecule has 0 saturated heterocycles. The highest BCUT2D eigenvalue weighted by Crippen LogP contribution is 2.10. The molecule has 0 rings (SSSR count). The number of nitrogens with two attached hydrogens (primary N) is 1. The predicted octanol–water partition coefficient (Wildman–Crippen LogP) is 2.34. The van der Waals surface area contributed by atoms with Crippen LogP contribution < -0.4 is 5.73 Å². The number of ether oxygens (including phenoxy) is 1. The van der Waals surface area contributed by atoms with E-state index in [-0.39, 0.29) is 18.1 Å². The Labute approximate surface area is 93.4 Å². The monoisotopic (exact) mass is 215 g/mol. The fourth-order valence-electron chi connectivity index (χ4n) is 1.41. The predicted molar refractivity (Wildman–Crippen MR) is 62.4 cm³/mol. The van der Waals surface area contributed by atoms with Crippen molar-refractivity contribution in [3.63, 3.8) is 0 Å². The molecule has 0 amide bonds. The fourth-order valence-corrected chi connectivity index (χ4v) is 1.41. The summed E-state index contributed by atoms with van der Waals surface area (Å²) in [6.45, 7) is 10.2. The molecule has 0 aromatic rings. The van der Waals surface area contributed by atoms with Gasteiger partial charge in [0.1, 0.15) is 0 Å². The number of hydrogen-bond donors (Lipinski definition) is 1. The number of hydrogen-bond acceptors (Lipinski definition) is 3. The molecule has 0 saturated carbocycles. The van der Waals surface area contributed by atoms with E-state index in [9.17, 15) is 4.79 Å². The van der Waals surface area contributed by atoms with Crippen LogP contribution in [-0.4, -0.2) is 18.1 Å². The standard InChI is InChI=1S/C12H25NO2/c1-8(2)6-10(5)15-12(14)7-11(13)9(3)4/h8-11H,6-7,13H2,1-5H3. The quantitative estimate of drug-likeness (QED) is 0.692. The van der Waals surface area contributed by atoms with Crippen LogP contribution in [0.15, 0.2) is 0 Å². The first-order valence-electron chi connectivity index (χ1n) is 5.78. The molecule has 0 heterocycles. The minimum atomic E-state index is -0.177. The molecule has 0 aliphatic rings. The Morgan fingerprint density at radius 3 is 2.13 bits per heavy atom. The summed E-state index contributed by atoms with van der Waals surface area (Å²) in [5.41, 5.74) is 5.79. The van der Waals surface area contributed by atoms with Crippen LogP contribution >= 0.6 is 0 Å². The van der Waals surface area contributed by atoms with Gasteiger partial charge in [0.25, 0.3) is 0 Å². The highest BCUT2D eigenvalue weighted by Gasteiger charge is 2.16. The third-order valence-electron chi connectivity index (χ3n) is 2.39. The van der Waals surface area contributed by atoms with Crippen LogP contribution in [0.1, 0.15) is 47.5 Å². The molecular formula is C12H25NO2. The van der Waals surface area contributed by atoms with Crippen LogP contribution in [0.25, 0.3) is 0 Å². The van der Waals surface area contributed by atoms with Gasteiger partial charge in [-0.2, -0.15) is 0 Å². The van der Waals surface area contributed by atoms with Gasteiger partial charge in [-0.05, 0) is 25.2 Å². The van der Waals surface area contributed by atoms with Crippen LogP contribution in [0.4, 0.5) is 0 Å². The second-order valence-corrected chi connectivity index (χ2v) is 5.04. The number of carbonyl (C=O) groups excluding carboxylic acids is 1. The smallest absolute Gasteiger partial charge is 0.307 e. The molecule has 0 radical (unpaired) electrons. The largest absolute Gasteiger partial charge is 0.463 e. The van der Waals surface area contributed by atoms with E-state index in [4.69, 9.17) is 10.5 Å². The van der Waals surface area contributed by atoms with Gasteiger partial charge in [-0.3, -0.25) is 4.79 Å². The highest BCUT2D eigenvalue weighted by atomic mass is 16.5. The molecule has 15 heavy (non-hydrogen) atoms. The van der Waals surface area contributed by atoms with E-state index in [0.29, 0.717) is 18.3 Å². The van der Waals surface area contributed by atoms with Crippen molar-refractivity contribution < 1.29 is 9.53 Å². The van der Waals surface area contributed by atoms with Crippen LogP contribution in [-0.2, 0) is 9.53 Å². The minimum Gasteiger partial charge on any atom is -0.463 e. The summed E-state index contributed by atoms with van der Waals surface area (Å²) in [7, 11) is 0. The molecule has 0 aromatic carbocycles. The zero-order valence-electron chi connectivity index (χ0n) is 10.6. The average molecular weight is 215 g/mol. The summed E-state index contributed by atoms with van der Waals surface area (Å²) in [6.07, 6.45) is 1.22. The second-order valence-electron chi connectivity index (χ2n) is 5.04. The van der Waals surface area contributed by atoms with Gasteiger partial charge in [-0.15, -0.1) is 0 Å². The Hall–Kier alpha value is -0.570. The normalized spacial score (nSPS) is 15.5. The number of esters is 1. The third-order valence-corrected chi connectivity index (χ3v) is 2.39. The zero-order valence-corrected chi connectivity index (χ0v) is 10.6. The lowest BCUT2D eigenvalue weighted by atomic mass is 10.0. The summed E-state index contributed by atoms with van der Waals surface area (Å²) < 4.78 is 5.26. The molecule has 0 aliphatic carbocycles. The summed E-state index contributed by atoms with van der Waals surface area (Å²) in [6, 6.07) is -0.0938. The van der Waals surface area contributed by atoms with E-state index >= 15 is 0 Å². The van der Waals surface area contributed by atoms with Gasteiger partial charge < -0.3 is 10.5 Å². The van der Waals surface area contributed by atoms with Crippen molar-refractivity contribution in [1.82, 2.24) is 0 Å². The lowest BCUT2D eigenvalue weighted by Crippen LogP contribution is -2.31. The summed E-state index contributed by atoms with van der Waals surface area (Å²) in [5, 5.41) is 0. The Balaban J connectivity index is 3.83. The molecule has 2 N–H and O–H groups in total. The van der Waals surface area contributed by atoms with Crippen molar-refractivity contribution in [1.29, 1.82) is 0 Å². The molecule has 2 atom stereocenters. The molecule has 0 fully saturated rings. The Morgan fingerprint density at radius 2 is 1.73 bits per heavy atom. The highest BCUT2D eigenvalue weighted by molar-refractivity contribution is 5.70. The van der Waals surface area contributed by atoms with Crippen LogP contribution in [0.2, 0.25) is 0 Å². The maximum atomic E-state index is 11.4. The Morgan fingerprint density at radius 1 is 1.20 bits per heavy atom. The summed E-state index contributed by atoms with van der Waals surface area (Å²) >= 11 is 0.